The van der Waals surface area contributed by atoms with Crippen molar-refractivity contribution in [1.29, 1.82) is 0 Å². The number of nitrogens with zero attached hydrogens (tertiary/aromatic N) is 8. The molecule has 0 radical (unpaired) electrons. The fraction of sp³-hybridized carbons (Fsp3) is 0.465. The molecule has 0 spiro atoms. The first-order valence-electron chi connectivity index (χ1n) is 20.9. The minimum absolute atomic E-state index is 0.0252. The molecule has 65 heavy (non-hydrogen) atoms. The van der Waals surface area contributed by atoms with Gasteiger partial charge in [-0.05, 0) is 57.0 Å². The zero-order valence-electron chi connectivity index (χ0n) is 37.2. The van der Waals surface area contributed by atoms with Crippen molar-refractivity contribution in [2.45, 2.75) is 115 Å². The molecule has 342 valence electrons. The molecule has 8 rings (SSSR count). The predicted molar refractivity (Wildman–Crippen MR) is 242 cm³/mol. The monoisotopic (exact) mass is 927 g/mol. The molecule has 4 aromatic heterocycles. The maximum absolute atomic E-state index is 13.3. The van der Waals surface area contributed by atoms with Crippen molar-refractivity contribution in [3.8, 4) is 12.8 Å². The van der Waals surface area contributed by atoms with Gasteiger partial charge < -0.3 is 29.6 Å². The van der Waals surface area contributed by atoms with Crippen LogP contribution in [-0.4, -0.2) is 100 Å². The van der Waals surface area contributed by atoms with Crippen LogP contribution in [0.15, 0.2) is 58.9 Å². The van der Waals surface area contributed by atoms with E-state index in [1.807, 2.05) is 26.9 Å². The number of aliphatic hydroxyl groups is 1. The zero-order valence-corrected chi connectivity index (χ0v) is 39.1. The van der Waals surface area contributed by atoms with E-state index in [-0.39, 0.29) is 58.6 Å². The third-order valence-corrected chi connectivity index (χ3v) is 17.5. The van der Waals surface area contributed by atoms with Gasteiger partial charge in [0.15, 0.2) is 49.5 Å². The molecule has 0 aliphatic carbocycles. The van der Waals surface area contributed by atoms with E-state index >= 15 is 0 Å². The van der Waals surface area contributed by atoms with Crippen LogP contribution in [0, 0.1) is 32.6 Å². The molecule has 6 heterocycles. The molecule has 20 nitrogen and oxygen atoms in total. The molecular formula is C43H52N10O10PSi+. The lowest BCUT2D eigenvalue weighted by Gasteiger charge is -2.40. The lowest BCUT2D eigenvalue weighted by molar-refractivity contribution is -0.0337. The second-order valence-corrected chi connectivity index (χ2v) is 23.0. The first-order valence-corrected chi connectivity index (χ1v) is 25.0. The molecule has 2 aliphatic heterocycles. The van der Waals surface area contributed by atoms with E-state index < -0.39 is 76.3 Å². The van der Waals surface area contributed by atoms with Crippen LogP contribution in [-0.2, 0) is 29.4 Å². The summed E-state index contributed by atoms with van der Waals surface area (Å²) in [5, 5.41) is 16.0. The molecule has 9 atom stereocenters. The zero-order chi connectivity index (χ0) is 47.1. The third-order valence-electron chi connectivity index (χ3n) is 12.6. The van der Waals surface area contributed by atoms with Crippen LogP contribution < -0.4 is 21.5 Å². The van der Waals surface area contributed by atoms with Crippen LogP contribution in [0.4, 0.5) is 11.5 Å². The molecule has 6 aromatic rings. The van der Waals surface area contributed by atoms with Crippen LogP contribution in [0.5, 0.6) is 0 Å². The van der Waals surface area contributed by atoms with Gasteiger partial charge in [0.1, 0.15) is 23.8 Å². The maximum Gasteiger partial charge on any atom is 0.695 e. The number of benzene rings is 1. The molecule has 2 saturated heterocycles. The van der Waals surface area contributed by atoms with Gasteiger partial charge in [0.25, 0.3) is 5.91 Å². The van der Waals surface area contributed by atoms with Gasteiger partial charge in [-0.3, -0.25) is 23.5 Å². The number of carbonyl (C=O) groups is 1. The number of imidazole rings is 2. The van der Waals surface area contributed by atoms with Crippen molar-refractivity contribution in [2.24, 2.45) is 5.92 Å². The molecule has 2 fully saturated rings. The molecule has 2 aliphatic rings. The number of anilines is 2. The van der Waals surface area contributed by atoms with E-state index in [0.717, 1.165) is 0 Å². The van der Waals surface area contributed by atoms with E-state index in [9.17, 15) is 28.9 Å². The highest BCUT2D eigenvalue weighted by Crippen LogP contribution is 2.46. The minimum Gasteiger partial charge on any atom is -0.406 e. The number of nitrogens with one attached hydrogen (secondary N) is 2. The van der Waals surface area contributed by atoms with E-state index in [4.69, 9.17) is 18.4 Å². The number of aliphatic hydroxyl groups excluding tert-OH is 1. The summed E-state index contributed by atoms with van der Waals surface area (Å²) >= 11 is 0. The normalized spacial score (nSPS) is 23.7. The molecular weight excluding hydrogens is 876 g/mol. The lowest BCUT2D eigenvalue weighted by Crippen LogP contribution is -2.49. The average molecular weight is 928 g/mol. The van der Waals surface area contributed by atoms with E-state index in [0.29, 0.717) is 28.2 Å². The quantitative estimate of drug-likeness (QED) is 0.0502. The summed E-state index contributed by atoms with van der Waals surface area (Å²) in [6, 6.07) is 8.04. The SMILES string of the molecule is C#C.Cc1nc(C)c2ncn([C@@H]3O[C@H](CO)[C@H](C)C3Nc3c(CC[C@H]4O[C@@H](n5cnc6c(NC(=O)c7ccccc7)ncnc65)C(O[Si](C)(C)C(C)(C)C)[C@H]4O[P+](=O)O)c(=O)c3=O)c2n1. The van der Waals surface area contributed by atoms with E-state index in [1.165, 1.54) is 12.7 Å². The fourth-order valence-corrected chi connectivity index (χ4v) is 9.88. The summed E-state index contributed by atoms with van der Waals surface area (Å²) in [6.45, 7) is 15.4. The van der Waals surface area contributed by atoms with Crippen molar-refractivity contribution in [1.82, 2.24) is 39.0 Å². The fourth-order valence-electron chi connectivity index (χ4n) is 8.13. The summed E-state index contributed by atoms with van der Waals surface area (Å²) in [7, 11) is -5.84. The minimum atomic E-state index is -3.17. The summed E-state index contributed by atoms with van der Waals surface area (Å²) in [5.74, 6) is -0.0358. The Morgan fingerprint density at radius 3 is 2.25 bits per heavy atom. The Labute approximate surface area is 375 Å². The van der Waals surface area contributed by atoms with Crippen molar-refractivity contribution in [3.63, 3.8) is 0 Å². The summed E-state index contributed by atoms with van der Waals surface area (Å²) in [5.41, 5.74) is 1.68. The number of aryl methyl sites for hydroxylation is 2. The van der Waals surface area contributed by atoms with E-state index in [1.54, 1.807) is 52.7 Å². The van der Waals surface area contributed by atoms with Crippen molar-refractivity contribution in [3.05, 3.63) is 92.4 Å². The first kappa shape index (κ1) is 47.3. The van der Waals surface area contributed by atoms with Gasteiger partial charge in [0.05, 0.1) is 48.9 Å². The van der Waals surface area contributed by atoms with Crippen molar-refractivity contribution >= 4 is 56.3 Å². The number of fused-ring (bicyclic) bond motifs is 2. The highest BCUT2D eigenvalue weighted by atomic mass is 31.1. The Morgan fingerprint density at radius 2 is 1.58 bits per heavy atom. The van der Waals surface area contributed by atoms with Gasteiger partial charge in [-0.1, -0.05) is 45.9 Å². The molecule has 3 unspecified atom stereocenters. The second-order valence-electron chi connectivity index (χ2n) is 17.6. The molecule has 1 amide bonds. The van der Waals surface area contributed by atoms with Crippen LogP contribution in [0.1, 0.15) is 74.0 Å². The predicted octanol–water partition coefficient (Wildman–Crippen LogP) is 4.64. The lowest BCUT2D eigenvalue weighted by atomic mass is 9.94. The van der Waals surface area contributed by atoms with Crippen LogP contribution in [0.2, 0.25) is 18.1 Å². The summed E-state index contributed by atoms with van der Waals surface area (Å²) in [6.07, 6.45) is 7.01. The number of carbonyl (C=O) groups excluding carboxylic acids is 1. The van der Waals surface area contributed by atoms with Gasteiger partial charge in [-0.15, -0.1) is 22.3 Å². The van der Waals surface area contributed by atoms with Gasteiger partial charge in [-0.2, -0.15) is 0 Å². The summed E-state index contributed by atoms with van der Waals surface area (Å²) in [4.78, 5) is 76.9. The number of rotatable bonds is 14. The molecule has 0 bridgehead atoms. The Morgan fingerprint density at radius 1 is 0.923 bits per heavy atom. The highest BCUT2D eigenvalue weighted by molar-refractivity contribution is 7.32. The van der Waals surface area contributed by atoms with Crippen molar-refractivity contribution < 1.29 is 37.8 Å². The standard InChI is InChI=1S/C41H49N10O10PSi.C2H2/c1-20-26(16-52)59-39(51-18-44-28-21(2)46-22(3)47-37(28)51)27(20)48-29-24(31(53)32(29)54)14-15-25-33(60-62(56)57)34(61-63(7,8)41(4,5)6)40(58-25)50-19-45-30-35(42-17-43-36(30)50)49-38(55)23-12-10-9-11-13-23;1-2/h9-13,17-20,25-27,33-34,39-40,52H,14-16H2,1-8H3,(H2-,42,43,48,49,53,55,56,57);1-2H/p+1/t20-,25+,26+,27?,33-,34?,39+,40+;/m0./s1. The smallest absolute Gasteiger partial charge is 0.406 e. The van der Waals surface area contributed by atoms with Crippen molar-refractivity contribution in [2.75, 3.05) is 17.2 Å². The summed E-state index contributed by atoms with van der Waals surface area (Å²) < 4.78 is 41.6. The Bertz CT molecular complexity index is 2820. The Kier molecular flexibility index (Phi) is 13.6. The van der Waals surface area contributed by atoms with Gasteiger partial charge in [0.2, 0.25) is 10.9 Å². The van der Waals surface area contributed by atoms with Gasteiger partial charge in [0, 0.05) is 21.6 Å². The Hall–Kier alpha value is -5.69. The number of amides is 1. The topological polar surface area (TPSA) is 257 Å². The maximum atomic E-state index is 13.3. The Balaban J connectivity index is 0.00000311. The number of aromatic nitrogens is 8. The second kappa shape index (κ2) is 18.7. The molecule has 22 heteroatoms. The largest absolute Gasteiger partial charge is 0.695 e. The average Bonchev–Trinajstić information content (AvgIpc) is 4.04. The first-order chi connectivity index (χ1) is 30.9. The number of hydrogen-bond donors (Lipinski definition) is 4. The number of hydrogen-bond acceptors (Lipinski definition) is 16. The number of ether oxygens (including phenoxy) is 2. The third kappa shape index (κ3) is 9.00. The molecule has 2 aromatic carbocycles. The van der Waals surface area contributed by atoms with Crippen LogP contribution >= 0.6 is 8.25 Å². The van der Waals surface area contributed by atoms with E-state index in [2.05, 4.69) is 74.2 Å². The van der Waals surface area contributed by atoms with Crippen LogP contribution in [0.3, 0.4) is 0 Å². The number of terminal acetylenes is 1. The highest BCUT2D eigenvalue weighted by Gasteiger charge is 2.55. The van der Waals surface area contributed by atoms with Crippen LogP contribution in [0.25, 0.3) is 22.3 Å². The molecule has 4 N–H and O–H groups in total. The van der Waals surface area contributed by atoms with Gasteiger partial charge in [-0.25, -0.2) is 29.9 Å². The molecule has 0 saturated carbocycles. The van der Waals surface area contributed by atoms with Gasteiger partial charge >= 0.3 is 8.25 Å².